The van der Waals surface area contributed by atoms with E-state index in [2.05, 4.69) is 4.98 Å². The molecule has 0 unspecified atom stereocenters. The van der Waals surface area contributed by atoms with Crippen molar-refractivity contribution in [2.75, 3.05) is 26.2 Å². The van der Waals surface area contributed by atoms with Crippen molar-refractivity contribution >= 4 is 60.7 Å². The molecule has 12 heteroatoms. The SMILES string of the molecule is N#Cc1ccc(Oc2cc(Cl)cc(Cl)c2)c(S(=O)(=O)N2CCN(C(=O)c3nc4ccccc4s3)CC2)c1. The third-order valence-electron chi connectivity index (χ3n) is 5.76. The Bertz CT molecular complexity index is 1610. The molecule has 0 bridgehead atoms. The second kappa shape index (κ2) is 10.3. The fourth-order valence-electron chi connectivity index (χ4n) is 3.95. The Balaban J connectivity index is 1.37. The molecular weight excluding hydrogens is 555 g/mol. The molecular formula is C25H18Cl2N4O4S2. The van der Waals surface area contributed by atoms with Crippen molar-refractivity contribution in [1.82, 2.24) is 14.2 Å². The van der Waals surface area contributed by atoms with Crippen LogP contribution in [0, 0.1) is 11.3 Å². The Kier molecular flexibility index (Phi) is 7.07. The van der Waals surface area contributed by atoms with Gasteiger partial charge in [-0.05, 0) is 48.5 Å². The Morgan fingerprint density at radius 1 is 1.00 bits per heavy atom. The number of sulfonamides is 1. The minimum Gasteiger partial charge on any atom is -0.456 e. The minimum absolute atomic E-state index is 0.0327. The van der Waals surface area contributed by atoms with Gasteiger partial charge in [-0.3, -0.25) is 4.79 Å². The summed E-state index contributed by atoms with van der Waals surface area (Å²) in [5.74, 6) is 0.0572. The van der Waals surface area contributed by atoms with Gasteiger partial charge in [0.25, 0.3) is 5.91 Å². The summed E-state index contributed by atoms with van der Waals surface area (Å²) in [6.07, 6.45) is 0. The maximum absolute atomic E-state index is 13.6. The van der Waals surface area contributed by atoms with E-state index in [1.54, 1.807) is 4.90 Å². The quantitative estimate of drug-likeness (QED) is 0.316. The number of aromatic nitrogens is 1. The highest BCUT2D eigenvalue weighted by Crippen LogP contribution is 2.34. The van der Waals surface area contributed by atoms with E-state index in [1.807, 2.05) is 30.3 Å². The van der Waals surface area contributed by atoms with Crippen molar-refractivity contribution in [3.63, 3.8) is 0 Å². The van der Waals surface area contributed by atoms with Gasteiger partial charge >= 0.3 is 0 Å². The van der Waals surface area contributed by atoms with Crippen LogP contribution in [0.25, 0.3) is 10.2 Å². The number of halogens is 2. The van der Waals surface area contributed by atoms with Crippen LogP contribution in [-0.4, -0.2) is 54.7 Å². The highest BCUT2D eigenvalue weighted by Gasteiger charge is 2.33. The molecule has 0 atom stereocenters. The molecule has 0 aliphatic carbocycles. The van der Waals surface area contributed by atoms with Crippen molar-refractivity contribution < 1.29 is 17.9 Å². The first-order valence-electron chi connectivity index (χ1n) is 11.1. The van der Waals surface area contributed by atoms with Gasteiger partial charge in [0, 0.05) is 36.2 Å². The van der Waals surface area contributed by atoms with Gasteiger partial charge in [-0.1, -0.05) is 35.3 Å². The zero-order chi connectivity index (χ0) is 26.2. The number of rotatable bonds is 5. The summed E-state index contributed by atoms with van der Waals surface area (Å²) in [5, 5.41) is 10.4. The molecule has 1 aliphatic rings. The van der Waals surface area contributed by atoms with Crippen LogP contribution in [0.2, 0.25) is 10.0 Å². The maximum atomic E-state index is 13.6. The van der Waals surface area contributed by atoms with E-state index in [4.69, 9.17) is 27.9 Å². The van der Waals surface area contributed by atoms with Gasteiger partial charge in [-0.2, -0.15) is 9.57 Å². The molecule has 2 heterocycles. The van der Waals surface area contributed by atoms with E-state index in [-0.39, 0.29) is 54.0 Å². The first-order chi connectivity index (χ1) is 17.7. The summed E-state index contributed by atoms with van der Waals surface area (Å²) in [7, 11) is -4.06. The first-order valence-corrected chi connectivity index (χ1v) is 14.1. The van der Waals surface area contributed by atoms with Crippen molar-refractivity contribution in [3.05, 3.63) is 81.3 Å². The number of fused-ring (bicyclic) bond motifs is 1. The fraction of sp³-hybridized carbons (Fsp3) is 0.160. The lowest BCUT2D eigenvalue weighted by Crippen LogP contribution is -2.50. The molecule has 1 fully saturated rings. The number of carbonyl (C=O) groups excluding carboxylic acids is 1. The minimum atomic E-state index is -4.06. The zero-order valence-electron chi connectivity index (χ0n) is 19.1. The van der Waals surface area contributed by atoms with Gasteiger partial charge in [0.05, 0.1) is 21.8 Å². The monoisotopic (exact) mass is 572 g/mol. The average Bonchev–Trinajstić information content (AvgIpc) is 3.32. The van der Waals surface area contributed by atoms with Gasteiger partial charge in [0.15, 0.2) is 5.01 Å². The lowest BCUT2D eigenvalue weighted by Gasteiger charge is -2.33. The molecule has 0 saturated carbocycles. The maximum Gasteiger partial charge on any atom is 0.282 e. The molecule has 5 rings (SSSR count). The highest BCUT2D eigenvalue weighted by atomic mass is 35.5. The number of nitriles is 1. The molecule has 0 N–H and O–H groups in total. The van der Waals surface area contributed by atoms with Crippen LogP contribution in [0.1, 0.15) is 15.4 Å². The standard InChI is InChI=1S/C25H18Cl2N4O4S2/c26-17-12-18(27)14-19(13-17)35-21-6-5-16(15-28)11-23(21)37(33,34)31-9-7-30(8-10-31)25(32)24-29-20-3-1-2-4-22(20)36-24/h1-6,11-14H,7-10H2. The van der Waals surface area contributed by atoms with Crippen LogP contribution in [0.4, 0.5) is 0 Å². The number of benzene rings is 3. The van der Waals surface area contributed by atoms with Gasteiger partial charge in [-0.25, -0.2) is 13.4 Å². The van der Waals surface area contributed by atoms with Crippen LogP contribution in [0.15, 0.2) is 65.6 Å². The molecule has 4 aromatic rings. The van der Waals surface area contributed by atoms with E-state index in [9.17, 15) is 18.5 Å². The Hall–Kier alpha value is -3.20. The number of para-hydroxylation sites is 1. The number of hydrogen-bond acceptors (Lipinski definition) is 7. The molecule has 1 amide bonds. The summed E-state index contributed by atoms with van der Waals surface area (Å²) >= 11 is 13.4. The van der Waals surface area contributed by atoms with Crippen LogP contribution in [0.5, 0.6) is 11.5 Å². The number of ether oxygens (including phenoxy) is 1. The predicted molar refractivity (Wildman–Crippen MR) is 142 cm³/mol. The third-order valence-corrected chi connectivity index (χ3v) is 9.14. The number of piperazine rings is 1. The molecule has 8 nitrogen and oxygen atoms in total. The number of thiazole rings is 1. The van der Waals surface area contributed by atoms with Gasteiger partial charge in [0.2, 0.25) is 10.0 Å². The van der Waals surface area contributed by atoms with E-state index in [1.165, 1.54) is 52.0 Å². The molecule has 188 valence electrons. The summed E-state index contributed by atoms with van der Waals surface area (Å²) in [4.78, 5) is 18.9. The number of hydrogen-bond donors (Lipinski definition) is 0. The molecule has 37 heavy (non-hydrogen) atoms. The van der Waals surface area contributed by atoms with E-state index in [0.29, 0.717) is 15.1 Å². The van der Waals surface area contributed by atoms with Crippen LogP contribution in [0.3, 0.4) is 0 Å². The van der Waals surface area contributed by atoms with Gasteiger partial charge < -0.3 is 9.64 Å². The molecule has 1 saturated heterocycles. The Morgan fingerprint density at radius 3 is 2.38 bits per heavy atom. The van der Waals surface area contributed by atoms with E-state index >= 15 is 0 Å². The second-order valence-electron chi connectivity index (χ2n) is 8.16. The summed E-state index contributed by atoms with van der Waals surface area (Å²) in [5.41, 5.74) is 0.919. The largest absolute Gasteiger partial charge is 0.456 e. The molecule has 0 spiro atoms. The second-order valence-corrected chi connectivity index (χ2v) is 12.0. The smallest absolute Gasteiger partial charge is 0.282 e. The molecule has 1 aromatic heterocycles. The topological polar surface area (TPSA) is 104 Å². The van der Waals surface area contributed by atoms with Gasteiger partial charge in [0.1, 0.15) is 16.4 Å². The van der Waals surface area contributed by atoms with Crippen molar-refractivity contribution in [1.29, 1.82) is 5.26 Å². The summed E-state index contributed by atoms with van der Waals surface area (Å²) < 4.78 is 35.3. The average molecular weight is 573 g/mol. The van der Waals surface area contributed by atoms with Crippen molar-refractivity contribution in [2.45, 2.75) is 4.90 Å². The number of amides is 1. The molecule has 0 radical (unpaired) electrons. The Labute approximate surface area is 227 Å². The summed E-state index contributed by atoms with van der Waals surface area (Å²) in [6, 6.07) is 18.2. The summed E-state index contributed by atoms with van der Waals surface area (Å²) in [6.45, 7) is 0.564. The number of nitrogens with zero attached hydrogens (tertiary/aromatic N) is 4. The lowest BCUT2D eigenvalue weighted by molar-refractivity contribution is 0.0697. The van der Waals surface area contributed by atoms with E-state index < -0.39 is 10.0 Å². The van der Waals surface area contributed by atoms with Gasteiger partial charge in [-0.15, -0.1) is 11.3 Å². The highest BCUT2D eigenvalue weighted by molar-refractivity contribution is 7.89. The normalized spacial score (nSPS) is 14.5. The van der Waals surface area contributed by atoms with Crippen molar-refractivity contribution in [2.24, 2.45) is 0 Å². The van der Waals surface area contributed by atoms with E-state index in [0.717, 1.165) is 10.2 Å². The first kappa shape index (κ1) is 25.4. The third kappa shape index (κ3) is 5.28. The van der Waals surface area contributed by atoms with Crippen molar-refractivity contribution in [3.8, 4) is 17.6 Å². The van der Waals surface area contributed by atoms with Crippen LogP contribution >= 0.6 is 34.5 Å². The molecule has 3 aromatic carbocycles. The lowest BCUT2D eigenvalue weighted by atomic mass is 10.2. The Morgan fingerprint density at radius 2 is 1.70 bits per heavy atom. The van der Waals surface area contributed by atoms with Crippen LogP contribution in [-0.2, 0) is 10.0 Å². The predicted octanol–water partition coefficient (Wildman–Crippen LogP) is 5.41. The van der Waals surface area contributed by atoms with Crippen LogP contribution < -0.4 is 4.74 Å². The fourth-order valence-corrected chi connectivity index (χ4v) is 6.95. The zero-order valence-corrected chi connectivity index (χ0v) is 22.2. The number of carbonyl (C=O) groups is 1. The molecule has 1 aliphatic heterocycles.